The van der Waals surface area contributed by atoms with E-state index in [9.17, 15) is 4.79 Å². The fourth-order valence-corrected chi connectivity index (χ4v) is 1.36. The smallest absolute Gasteiger partial charge is 0.344 e. The van der Waals surface area contributed by atoms with Crippen LogP contribution in [-0.4, -0.2) is 24.3 Å². The van der Waals surface area contributed by atoms with Crippen molar-refractivity contribution in [1.82, 2.24) is 0 Å². The maximum Gasteiger partial charge on any atom is 0.344 e. The number of carbonyl (C=O) groups is 1. The van der Waals surface area contributed by atoms with Gasteiger partial charge in [0.25, 0.3) is 0 Å². The highest BCUT2D eigenvalue weighted by Gasteiger charge is 2.18. The van der Waals surface area contributed by atoms with Gasteiger partial charge in [-0.2, -0.15) is 0 Å². The first kappa shape index (κ1) is 12.6. The van der Waals surface area contributed by atoms with E-state index >= 15 is 0 Å². The van der Waals surface area contributed by atoms with Crippen molar-refractivity contribution in [3.05, 3.63) is 23.2 Å². The summed E-state index contributed by atoms with van der Waals surface area (Å²) < 4.78 is 10.4. The Kier molecular flexibility index (Phi) is 4.43. The van der Waals surface area contributed by atoms with Gasteiger partial charge in [-0.05, 0) is 18.6 Å². The van der Waals surface area contributed by atoms with Crippen LogP contribution >= 0.6 is 11.6 Å². The molecule has 88 valence electrons. The van der Waals surface area contributed by atoms with Crippen molar-refractivity contribution in [3.63, 3.8) is 0 Å². The third-order valence-electron chi connectivity index (χ3n) is 2.04. The van der Waals surface area contributed by atoms with Crippen LogP contribution in [-0.2, 0) is 4.79 Å². The Morgan fingerprint density at radius 2 is 2.19 bits per heavy atom. The number of ether oxygens (including phenoxy) is 2. The van der Waals surface area contributed by atoms with E-state index in [0.29, 0.717) is 22.9 Å². The first-order valence-corrected chi connectivity index (χ1v) is 5.19. The van der Waals surface area contributed by atoms with Gasteiger partial charge >= 0.3 is 5.97 Å². The van der Waals surface area contributed by atoms with Gasteiger partial charge in [-0.15, -0.1) is 0 Å². The van der Waals surface area contributed by atoms with Crippen molar-refractivity contribution in [2.45, 2.75) is 19.4 Å². The second-order valence-corrected chi connectivity index (χ2v) is 3.58. The zero-order valence-electron chi connectivity index (χ0n) is 9.07. The average Bonchev–Trinajstić information content (AvgIpc) is 2.26. The number of carboxylic acids is 1. The first-order chi connectivity index (χ1) is 7.58. The summed E-state index contributed by atoms with van der Waals surface area (Å²) in [4.78, 5) is 10.8. The molecule has 0 aromatic heterocycles. The van der Waals surface area contributed by atoms with E-state index in [-0.39, 0.29) is 0 Å². The Morgan fingerprint density at radius 3 is 2.69 bits per heavy atom. The number of hydrogen-bond donors (Lipinski definition) is 1. The third-order valence-corrected chi connectivity index (χ3v) is 2.28. The zero-order chi connectivity index (χ0) is 12.1. The van der Waals surface area contributed by atoms with Crippen LogP contribution in [0.25, 0.3) is 0 Å². The molecule has 1 rings (SSSR count). The van der Waals surface area contributed by atoms with Gasteiger partial charge in [0.05, 0.1) is 7.11 Å². The molecule has 0 bridgehead atoms. The Balaban J connectivity index is 2.91. The summed E-state index contributed by atoms with van der Waals surface area (Å²) in [6, 6.07) is 4.78. The molecule has 1 N–H and O–H groups in total. The second kappa shape index (κ2) is 5.61. The summed E-state index contributed by atoms with van der Waals surface area (Å²) in [5, 5.41) is 9.37. The van der Waals surface area contributed by atoms with E-state index in [1.54, 1.807) is 25.1 Å². The highest BCUT2D eigenvalue weighted by molar-refractivity contribution is 6.30. The van der Waals surface area contributed by atoms with E-state index in [2.05, 4.69) is 0 Å². The lowest BCUT2D eigenvalue weighted by molar-refractivity contribution is -0.145. The van der Waals surface area contributed by atoms with Gasteiger partial charge in [-0.25, -0.2) is 4.79 Å². The molecular formula is C11H13ClO4. The second-order valence-electron chi connectivity index (χ2n) is 3.15. The standard InChI is InChI=1S/C11H13ClO4/c1-3-8(11(13)14)16-9-5-4-7(12)6-10(9)15-2/h4-6,8H,3H2,1-2H3,(H,13,14). The molecule has 0 radical (unpaired) electrons. The van der Waals surface area contributed by atoms with E-state index < -0.39 is 12.1 Å². The first-order valence-electron chi connectivity index (χ1n) is 4.81. The number of aliphatic carboxylic acids is 1. The van der Waals surface area contributed by atoms with E-state index in [1.807, 2.05) is 0 Å². The van der Waals surface area contributed by atoms with Crippen LogP contribution in [0.15, 0.2) is 18.2 Å². The third kappa shape index (κ3) is 3.03. The molecule has 0 aliphatic rings. The van der Waals surface area contributed by atoms with Gasteiger partial charge in [0.15, 0.2) is 17.6 Å². The quantitative estimate of drug-likeness (QED) is 0.865. The van der Waals surface area contributed by atoms with E-state index in [1.165, 1.54) is 7.11 Å². The fraction of sp³-hybridized carbons (Fsp3) is 0.364. The Bertz CT molecular complexity index is 378. The molecular weight excluding hydrogens is 232 g/mol. The molecule has 16 heavy (non-hydrogen) atoms. The molecule has 0 spiro atoms. The van der Waals surface area contributed by atoms with Crippen LogP contribution < -0.4 is 9.47 Å². The summed E-state index contributed by atoms with van der Waals surface area (Å²) >= 11 is 5.78. The van der Waals surface area contributed by atoms with Crippen molar-refractivity contribution in [2.75, 3.05) is 7.11 Å². The van der Waals surface area contributed by atoms with Crippen LogP contribution in [0.5, 0.6) is 11.5 Å². The van der Waals surface area contributed by atoms with Crippen LogP contribution in [0.2, 0.25) is 5.02 Å². The Labute approximate surface area is 98.7 Å². The molecule has 0 heterocycles. The van der Waals surface area contributed by atoms with E-state index in [4.69, 9.17) is 26.2 Å². The van der Waals surface area contributed by atoms with Crippen LogP contribution in [0.1, 0.15) is 13.3 Å². The van der Waals surface area contributed by atoms with Crippen molar-refractivity contribution in [3.8, 4) is 11.5 Å². The molecule has 0 saturated carbocycles. The van der Waals surface area contributed by atoms with Crippen molar-refractivity contribution in [2.24, 2.45) is 0 Å². The monoisotopic (exact) mass is 244 g/mol. The summed E-state index contributed by atoms with van der Waals surface area (Å²) in [6.07, 6.45) is -0.503. The molecule has 0 aliphatic heterocycles. The van der Waals surface area contributed by atoms with Gasteiger partial charge in [0.2, 0.25) is 0 Å². The molecule has 0 fully saturated rings. The maximum atomic E-state index is 10.8. The largest absolute Gasteiger partial charge is 0.493 e. The van der Waals surface area contributed by atoms with Gasteiger partial charge in [-0.1, -0.05) is 18.5 Å². The zero-order valence-corrected chi connectivity index (χ0v) is 9.82. The number of benzene rings is 1. The molecule has 5 heteroatoms. The number of hydrogen-bond acceptors (Lipinski definition) is 3. The van der Waals surface area contributed by atoms with Gasteiger partial charge in [-0.3, -0.25) is 0 Å². The molecule has 0 saturated heterocycles. The summed E-state index contributed by atoms with van der Waals surface area (Å²) in [7, 11) is 1.47. The highest BCUT2D eigenvalue weighted by atomic mass is 35.5. The number of rotatable bonds is 5. The molecule has 0 aliphatic carbocycles. The number of halogens is 1. The molecule has 1 aromatic carbocycles. The lowest BCUT2D eigenvalue weighted by atomic mass is 10.2. The van der Waals surface area contributed by atoms with Crippen LogP contribution in [0.4, 0.5) is 0 Å². The normalized spacial score (nSPS) is 11.9. The fourth-order valence-electron chi connectivity index (χ4n) is 1.20. The van der Waals surface area contributed by atoms with Gasteiger partial charge < -0.3 is 14.6 Å². The predicted molar refractivity (Wildman–Crippen MR) is 60.3 cm³/mol. The predicted octanol–water partition coefficient (Wildman–Crippen LogP) is 2.59. The van der Waals surface area contributed by atoms with Gasteiger partial charge in [0, 0.05) is 11.1 Å². The SMILES string of the molecule is CCC(Oc1ccc(Cl)cc1OC)C(=O)O. The minimum atomic E-state index is -1.00. The van der Waals surface area contributed by atoms with Crippen molar-refractivity contribution < 1.29 is 19.4 Å². The minimum absolute atomic E-state index is 0.376. The topological polar surface area (TPSA) is 55.8 Å². The molecule has 1 aromatic rings. The average molecular weight is 245 g/mol. The van der Waals surface area contributed by atoms with Crippen LogP contribution in [0, 0.1) is 0 Å². The number of carboxylic acid groups (broad SMARTS) is 1. The Morgan fingerprint density at radius 1 is 1.50 bits per heavy atom. The molecule has 1 unspecified atom stereocenters. The lowest BCUT2D eigenvalue weighted by Gasteiger charge is -2.15. The lowest BCUT2D eigenvalue weighted by Crippen LogP contribution is -2.26. The molecule has 4 nitrogen and oxygen atoms in total. The maximum absolute atomic E-state index is 10.8. The minimum Gasteiger partial charge on any atom is -0.493 e. The summed E-state index contributed by atoms with van der Waals surface area (Å²) in [6.45, 7) is 1.74. The van der Waals surface area contributed by atoms with Crippen molar-refractivity contribution >= 4 is 17.6 Å². The highest BCUT2D eigenvalue weighted by Crippen LogP contribution is 2.31. The van der Waals surface area contributed by atoms with Crippen LogP contribution in [0.3, 0.4) is 0 Å². The number of methoxy groups -OCH3 is 1. The van der Waals surface area contributed by atoms with Gasteiger partial charge in [0.1, 0.15) is 0 Å². The Hall–Kier alpha value is -1.42. The molecule has 1 atom stereocenters. The van der Waals surface area contributed by atoms with E-state index in [0.717, 1.165) is 0 Å². The summed E-state index contributed by atoms with van der Waals surface area (Å²) in [5.41, 5.74) is 0. The molecule has 0 amide bonds. The summed E-state index contributed by atoms with van der Waals surface area (Å²) in [5.74, 6) is -0.201. The van der Waals surface area contributed by atoms with Crippen molar-refractivity contribution in [1.29, 1.82) is 0 Å².